The number of allylic oxidation sites excluding steroid dienone is 3. The van der Waals surface area contributed by atoms with Gasteiger partial charge >= 0.3 is 0 Å². The van der Waals surface area contributed by atoms with E-state index in [-0.39, 0.29) is 0 Å². The lowest BCUT2D eigenvalue weighted by Crippen LogP contribution is -2.37. The predicted octanol–water partition coefficient (Wildman–Crippen LogP) is 7.30. The van der Waals surface area contributed by atoms with Gasteiger partial charge in [0.05, 0.1) is 0 Å². The standard InChI is InChI=1S/C30H42N2/c1-5-21-18(4)28(27-22(6-2)23-16-14-19-10-8-12-24(27)31(19)23)30(7-3)26-13-9-11-20-15-17-25(29(21)30)32(20)26/h13,17-21,28-29H,5-12,14-16H2,1-4H3. The van der Waals surface area contributed by atoms with Crippen LogP contribution in [0.15, 0.2) is 23.5 Å². The van der Waals surface area contributed by atoms with Crippen LogP contribution in [-0.2, 0) is 19.3 Å². The Bertz CT molecular complexity index is 1020. The molecule has 1 aromatic rings. The van der Waals surface area contributed by atoms with Crippen molar-refractivity contribution in [1.82, 2.24) is 9.47 Å². The molecule has 0 radical (unpaired) electrons. The molecule has 5 aliphatic heterocycles. The number of aromatic nitrogens is 1. The number of nitrogens with zero attached hydrogens (tertiary/aromatic N) is 2. The molecule has 2 nitrogen and oxygen atoms in total. The quantitative estimate of drug-likeness (QED) is 0.487. The molecule has 1 aliphatic carbocycles. The zero-order chi connectivity index (χ0) is 21.8. The summed E-state index contributed by atoms with van der Waals surface area (Å²) in [5.41, 5.74) is 11.1. The first-order chi connectivity index (χ1) is 15.7. The van der Waals surface area contributed by atoms with Gasteiger partial charge in [-0.1, -0.05) is 46.3 Å². The Balaban J connectivity index is 1.50. The minimum absolute atomic E-state index is 0.334. The fourth-order valence-corrected chi connectivity index (χ4v) is 10.3. The van der Waals surface area contributed by atoms with E-state index in [2.05, 4.69) is 49.3 Å². The van der Waals surface area contributed by atoms with Crippen LogP contribution in [0.1, 0.15) is 114 Å². The molecule has 1 aromatic heterocycles. The van der Waals surface area contributed by atoms with Gasteiger partial charge < -0.3 is 9.47 Å². The summed E-state index contributed by atoms with van der Waals surface area (Å²) in [6.45, 7) is 10.1. The second-order valence-electron chi connectivity index (χ2n) is 11.9. The number of fused-ring (bicyclic) bond motifs is 3. The Labute approximate surface area is 195 Å². The van der Waals surface area contributed by atoms with E-state index in [9.17, 15) is 0 Å². The lowest BCUT2D eigenvalue weighted by Gasteiger charge is -2.42. The summed E-state index contributed by atoms with van der Waals surface area (Å²) in [6.07, 6.45) is 20.1. The number of rotatable bonds is 4. The average Bonchev–Trinajstić information content (AvgIpc) is 3.59. The molecule has 172 valence electrons. The first kappa shape index (κ1) is 20.0. The van der Waals surface area contributed by atoms with Crippen LogP contribution < -0.4 is 0 Å². The van der Waals surface area contributed by atoms with Crippen LogP contribution in [-0.4, -0.2) is 15.5 Å². The van der Waals surface area contributed by atoms with Crippen molar-refractivity contribution in [2.24, 2.45) is 23.2 Å². The molecule has 6 heterocycles. The van der Waals surface area contributed by atoms with Gasteiger partial charge in [-0.2, -0.15) is 0 Å². The number of hydrogen-bond donors (Lipinski definition) is 0. The minimum Gasteiger partial charge on any atom is -0.345 e. The van der Waals surface area contributed by atoms with Crippen LogP contribution in [0.5, 0.6) is 0 Å². The maximum Gasteiger partial charge on any atom is 0.0374 e. The molecule has 0 bridgehead atoms. The van der Waals surface area contributed by atoms with Crippen LogP contribution >= 0.6 is 0 Å². The predicted molar refractivity (Wildman–Crippen MR) is 132 cm³/mol. The average molecular weight is 431 g/mol. The van der Waals surface area contributed by atoms with Crippen molar-refractivity contribution in [3.05, 3.63) is 46.1 Å². The smallest absolute Gasteiger partial charge is 0.0374 e. The summed E-state index contributed by atoms with van der Waals surface area (Å²) in [7, 11) is 0. The third-order valence-electron chi connectivity index (χ3n) is 11.2. The van der Waals surface area contributed by atoms with Crippen molar-refractivity contribution in [2.45, 2.75) is 116 Å². The summed E-state index contributed by atoms with van der Waals surface area (Å²) in [5, 5.41) is 0. The fraction of sp³-hybridized carbons (Fsp3) is 0.733. The van der Waals surface area contributed by atoms with Crippen molar-refractivity contribution in [3.8, 4) is 0 Å². The highest BCUT2D eigenvalue weighted by Crippen LogP contribution is 2.74. The summed E-state index contributed by atoms with van der Waals surface area (Å²) in [6, 6.07) is 1.58. The molecule has 7 unspecified atom stereocenters. The van der Waals surface area contributed by atoms with Gasteiger partial charge in [0.2, 0.25) is 0 Å². The van der Waals surface area contributed by atoms with E-state index in [1.165, 1.54) is 70.6 Å². The van der Waals surface area contributed by atoms with Crippen LogP contribution in [0.25, 0.3) is 0 Å². The molecule has 7 atom stereocenters. The highest BCUT2D eigenvalue weighted by molar-refractivity contribution is 5.52. The van der Waals surface area contributed by atoms with Crippen LogP contribution in [0.3, 0.4) is 0 Å². The zero-order valence-electron chi connectivity index (χ0n) is 20.8. The van der Waals surface area contributed by atoms with E-state index in [1.54, 1.807) is 28.3 Å². The topological polar surface area (TPSA) is 8.17 Å². The molecule has 2 fully saturated rings. The first-order valence-electron chi connectivity index (χ1n) is 14.1. The molecule has 0 N–H and O–H groups in total. The summed E-state index contributed by atoms with van der Waals surface area (Å²) in [5.74, 6) is 3.06. The molecule has 6 aliphatic rings. The second-order valence-corrected chi connectivity index (χ2v) is 11.9. The Kier molecular flexibility index (Phi) is 4.24. The molecule has 2 heteroatoms. The van der Waals surface area contributed by atoms with Gasteiger partial charge in [-0.05, 0) is 87.2 Å². The molecule has 0 aromatic carbocycles. The zero-order valence-corrected chi connectivity index (χ0v) is 20.8. The van der Waals surface area contributed by atoms with Crippen LogP contribution in [0, 0.1) is 23.2 Å². The second kappa shape index (κ2) is 6.80. The maximum atomic E-state index is 2.90. The van der Waals surface area contributed by atoms with E-state index in [0.29, 0.717) is 11.3 Å². The third kappa shape index (κ3) is 2.10. The van der Waals surface area contributed by atoms with Gasteiger partial charge in [0, 0.05) is 52.1 Å². The van der Waals surface area contributed by atoms with Gasteiger partial charge in [0.1, 0.15) is 0 Å². The van der Waals surface area contributed by atoms with Crippen molar-refractivity contribution >= 4 is 0 Å². The lowest BCUT2D eigenvalue weighted by molar-refractivity contribution is 0.220. The number of hydrogen-bond acceptors (Lipinski definition) is 1. The van der Waals surface area contributed by atoms with Gasteiger partial charge in [0.15, 0.2) is 0 Å². The van der Waals surface area contributed by atoms with Crippen LogP contribution in [0.4, 0.5) is 0 Å². The molecule has 7 rings (SSSR count). The molecule has 1 saturated carbocycles. The molecular weight excluding hydrogens is 388 g/mol. The van der Waals surface area contributed by atoms with Crippen molar-refractivity contribution in [3.63, 3.8) is 0 Å². The normalized spacial score (nSPS) is 40.9. The Morgan fingerprint density at radius 1 is 0.969 bits per heavy atom. The van der Waals surface area contributed by atoms with Crippen molar-refractivity contribution < 1.29 is 0 Å². The third-order valence-corrected chi connectivity index (χ3v) is 11.2. The van der Waals surface area contributed by atoms with Crippen molar-refractivity contribution in [2.75, 3.05) is 0 Å². The fourth-order valence-electron chi connectivity index (χ4n) is 10.3. The minimum atomic E-state index is 0.334. The summed E-state index contributed by atoms with van der Waals surface area (Å²) in [4.78, 5) is 2.89. The maximum absolute atomic E-state index is 2.90. The molecule has 32 heavy (non-hydrogen) atoms. The molecular formula is C30H42N2. The van der Waals surface area contributed by atoms with Crippen LogP contribution in [0.2, 0.25) is 0 Å². The van der Waals surface area contributed by atoms with E-state index in [1.807, 2.05) is 5.56 Å². The monoisotopic (exact) mass is 430 g/mol. The lowest BCUT2D eigenvalue weighted by atomic mass is 9.64. The Morgan fingerprint density at radius 3 is 2.62 bits per heavy atom. The summed E-state index contributed by atoms with van der Waals surface area (Å²) < 4.78 is 2.90. The summed E-state index contributed by atoms with van der Waals surface area (Å²) >= 11 is 0. The highest BCUT2D eigenvalue weighted by Gasteiger charge is 2.68. The molecule has 1 saturated heterocycles. The van der Waals surface area contributed by atoms with Gasteiger partial charge in [-0.15, -0.1) is 0 Å². The SMILES string of the molecule is CCc1c(C2C(C)C(CC)C3C4=CCC5CCC=C(N45)C32CC)c2n3c1CCC3CCC2. The van der Waals surface area contributed by atoms with E-state index in [4.69, 9.17) is 0 Å². The van der Waals surface area contributed by atoms with Gasteiger partial charge in [0.25, 0.3) is 0 Å². The molecule has 0 amide bonds. The Hall–Kier alpha value is -1.44. The highest BCUT2D eigenvalue weighted by atomic mass is 15.3. The van der Waals surface area contributed by atoms with E-state index >= 15 is 0 Å². The van der Waals surface area contributed by atoms with Gasteiger partial charge in [-0.3, -0.25) is 0 Å². The van der Waals surface area contributed by atoms with Gasteiger partial charge in [-0.25, -0.2) is 0 Å². The largest absolute Gasteiger partial charge is 0.345 e. The van der Waals surface area contributed by atoms with Crippen molar-refractivity contribution in [1.29, 1.82) is 0 Å². The van der Waals surface area contributed by atoms with E-state index in [0.717, 1.165) is 29.8 Å². The molecule has 0 spiro atoms. The van der Waals surface area contributed by atoms with E-state index < -0.39 is 0 Å². The Morgan fingerprint density at radius 2 is 1.84 bits per heavy atom. The first-order valence-corrected chi connectivity index (χ1v) is 14.1.